The van der Waals surface area contributed by atoms with Crippen LogP contribution in [0.15, 0.2) is 48.7 Å². The highest BCUT2D eigenvalue weighted by Gasteiger charge is 2.18. The van der Waals surface area contributed by atoms with Gasteiger partial charge in [-0.15, -0.1) is 0 Å². The van der Waals surface area contributed by atoms with Gasteiger partial charge in [0.15, 0.2) is 0 Å². The normalized spacial score (nSPS) is 10.7. The first-order valence-corrected chi connectivity index (χ1v) is 9.22. The Hall–Kier alpha value is -2.83. The molecule has 0 bridgehead atoms. The first-order valence-electron chi connectivity index (χ1n) is 8.84. The largest absolute Gasteiger partial charge is 0.474 e. The summed E-state index contributed by atoms with van der Waals surface area (Å²) >= 11 is 6.12. The summed E-state index contributed by atoms with van der Waals surface area (Å²) in [7, 11) is 1.60. The summed E-state index contributed by atoms with van der Waals surface area (Å²) < 4.78 is 12.6. The number of carbonyl (C=O) groups is 1. The van der Waals surface area contributed by atoms with E-state index in [2.05, 4.69) is 10.3 Å². The van der Waals surface area contributed by atoms with E-state index >= 15 is 0 Å². The molecular weight excluding hydrogens is 378 g/mol. The van der Waals surface area contributed by atoms with Crippen LogP contribution < -0.4 is 10.1 Å². The van der Waals surface area contributed by atoms with Gasteiger partial charge in [-0.1, -0.05) is 17.7 Å². The highest BCUT2D eigenvalue weighted by Crippen LogP contribution is 2.25. The van der Waals surface area contributed by atoms with Crippen LogP contribution in [0.5, 0.6) is 5.88 Å². The fourth-order valence-electron chi connectivity index (χ4n) is 3.02. The summed E-state index contributed by atoms with van der Waals surface area (Å²) in [6.45, 7) is 4.64. The minimum Gasteiger partial charge on any atom is -0.474 e. The molecule has 1 amide bonds. The number of aromatic nitrogens is 2. The number of amides is 1. The van der Waals surface area contributed by atoms with E-state index < -0.39 is 0 Å². The molecule has 146 valence electrons. The molecule has 0 aliphatic rings. The third-order valence-corrected chi connectivity index (χ3v) is 4.52. The van der Waals surface area contributed by atoms with E-state index in [1.54, 1.807) is 25.4 Å². The van der Waals surface area contributed by atoms with Crippen molar-refractivity contribution in [1.82, 2.24) is 9.55 Å². The lowest BCUT2D eigenvalue weighted by Crippen LogP contribution is -2.15. The number of ether oxygens (including phenoxy) is 2. The molecule has 3 rings (SSSR count). The number of aryl methyl sites for hydroxylation is 1. The summed E-state index contributed by atoms with van der Waals surface area (Å²) in [5.74, 6) is 0.127. The van der Waals surface area contributed by atoms with Crippen LogP contribution in [0.1, 0.15) is 21.7 Å². The van der Waals surface area contributed by atoms with Crippen molar-refractivity contribution < 1.29 is 14.3 Å². The summed E-state index contributed by atoms with van der Waals surface area (Å²) in [6, 6.07) is 12.9. The summed E-state index contributed by atoms with van der Waals surface area (Å²) in [4.78, 5) is 17.1. The molecule has 6 nitrogen and oxygen atoms in total. The van der Waals surface area contributed by atoms with Crippen molar-refractivity contribution in [2.75, 3.05) is 25.6 Å². The van der Waals surface area contributed by atoms with Crippen molar-refractivity contribution in [3.8, 4) is 11.6 Å². The fourth-order valence-corrected chi connectivity index (χ4v) is 3.20. The third kappa shape index (κ3) is 4.35. The first-order chi connectivity index (χ1) is 13.5. The molecule has 28 heavy (non-hydrogen) atoms. The maximum Gasteiger partial charge on any atom is 0.257 e. The van der Waals surface area contributed by atoms with Crippen LogP contribution in [0.4, 0.5) is 5.69 Å². The van der Waals surface area contributed by atoms with Gasteiger partial charge in [0.25, 0.3) is 5.91 Å². The summed E-state index contributed by atoms with van der Waals surface area (Å²) in [5.41, 5.74) is 3.75. The predicted octanol–water partition coefficient (Wildman–Crippen LogP) is 4.42. The Bertz CT molecular complexity index is 985. The Balaban J connectivity index is 1.86. The molecule has 7 heteroatoms. The molecule has 0 aliphatic heterocycles. The van der Waals surface area contributed by atoms with Gasteiger partial charge < -0.3 is 19.4 Å². The van der Waals surface area contributed by atoms with Crippen molar-refractivity contribution in [1.29, 1.82) is 0 Å². The van der Waals surface area contributed by atoms with E-state index in [-0.39, 0.29) is 5.91 Å². The van der Waals surface area contributed by atoms with E-state index in [4.69, 9.17) is 21.1 Å². The minimum absolute atomic E-state index is 0.231. The van der Waals surface area contributed by atoms with E-state index in [9.17, 15) is 4.79 Å². The molecule has 0 spiro atoms. The molecule has 0 fully saturated rings. The lowest BCUT2D eigenvalue weighted by atomic mass is 10.2. The third-order valence-electron chi connectivity index (χ3n) is 4.29. The summed E-state index contributed by atoms with van der Waals surface area (Å²) in [6.07, 6.45) is 1.61. The van der Waals surface area contributed by atoms with Crippen molar-refractivity contribution >= 4 is 23.2 Å². The number of halogens is 1. The van der Waals surface area contributed by atoms with E-state index in [0.717, 1.165) is 17.1 Å². The van der Waals surface area contributed by atoms with Gasteiger partial charge in [0.05, 0.1) is 12.2 Å². The van der Waals surface area contributed by atoms with Gasteiger partial charge in [-0.05, 0) is 50.2 Å². The molecule has 3 aromatic rings. The summed E-state index contributed by atoms with van der Waals surface area (Å²) in [5, 5.41) is 3.53. The average molecular weight is 400 g/mol. The number of carbonyl (C=O) groups excluding carboxylic acids is 1. The molecule has 0 atom stereocenters. The molecule has 1 N–H and O–H groups in total. The van der Waals surface area contributed by atoms with Crippen LogP contribution in [0.3, 0.4) is 0 Å². The zero-order valence-corrected chi connectivity index (χ0v) is 16.8. The number of pyridine rings is 1. The number of nitrogens with one attached hydrogen (secondary N) is 1. The van der Waals surface area contributed by atoms with Gasteiger partial charge in [-0.2, -0.15) is 0 Å². The second-order valence-electron chi connectivity index (χ2n) is 6.25. The van der Waals surface area contributed by atoms with Crippen LogP contribution >= 0.6 is 11.6 Å². The van der Waals surface area contributed by atoms with Gasteiger partial charge in [0, 0.05) is 35.4 Å². The standard InChI is InChI=1S/C21H22ClN3O3/c1-14-12-18(15(2)25(14)17-7-4-6-16(22)13-17)20(26)24-19-8-5-9-23-21(19)28-11-10-27-3/h4-9,12-13H,10-11H2,1-3H3,(H,24,26). The smallest absolute Gasteiger partial charge is 0.257 e. The molecule has 1 aromatic carbocycles. The number of hydrogen-bond donors (Lipinski definition) is 1. The molecular formula is C21H22ClN3O3. The van der Waals surface area contributed by atoms with Gasteiger partial charge >= 0.3 is 0 Å². The van der Waals surface area contributed by atoms with Crippen molar-refractivity contribution in [2.24, 2.45) is 0 Å². The molecule has 0 aliphatic carbocycles. The zero-order chi connectivity index (χ0) is 20.1. The number of rotatable bonds is 7. The van der Waals surface area contributed by atoms with Crippen LogP contribution in [0.2, 0.25) is 5.02 Å². The topological polar surface area (TPSA) is 65.4 Å². The monoisotopic (exact) mass is 399 g/mol. The maximum absolute atomic E-state index is 12.9. The lowest BCUT2D eigenvalue weighted by Gasteiger charge is -2.12. The second kappa shape index (κ2) is 8.91. The van der Waals surface area contributed by atoms with Crippen molar-refractivity contribution in [2.45, 2.75) is 13.8 Å². The molecule has 0 saturated heterocycles. The SMILES string of the molecule is COCCOc1ncccc1NC(=O)c1cc(C)n(-c2cccc(Cl)c2)c1C. The average Bonchev–Trinajstić information content (AvgIpc) is 2.97. The number of methoxy groups -OCH3 is 1. The quantitative estimate of drug-likeness (QED) is 0.597. The van der Waals surface area contributed by atoms with Gasteiger partial charge in [-0.25, -0.2) is 4.98 Å². The van der Waals surface area contributed by atoms with Crippen LogP contribution in [-0.2, 0) is 4.74 Å². The maximum atomic E-state index is 12.9. The van der Waals surface area contributed by atoms with Crippen LogP contribution in [0.25, 0.3) is 5.69 Å². The van der Waals surface area contributed by atoms with E-state index in [1.165, 1.54) is 0 Å². The highest BCUT2D eigenvalue weighted by atomic mass is 35.5. The fraction of sp³-hybridized carbons (Fsp3) is 0.238. The second-order valence-corrected chi connectivity index (χ2v) is 6.69. The number of benzene rings is 1. The number of nitrogens with zero attached hydrogens (tertiary/aromatic N) is 2. The predicted molar refractivity (Wildman–Crippen MR) is 110 cm³/mol. The van der Waals surface area contributed by atoms with Gasteiger partial charge in [-0.3, -0.25) is 4.79 Å². The Morgan fingerprint density at radius 2 is 2.00 bits per heavy atom. The first kappa shape index (κ1) is 19.9. The number of hydrogen-bond acceptors (Lipinski definition) is 4. The Labute approximate surface area is 169 Å². The molecule has 2 aromatic heterocycles. The van der Waals surface area contributed by atoms with Crippen LogP contribution in [0, 0.1) is 13.8 Å². The molecule has 0 radical (unpaired) electrons. The van der Waals surface area contributed by atoms with E-state index in [0.29, 0.717) is 35.4 Å². The van der Waals surface area contributed by atoms with Gasteiger partial charge in [0.2, 0.25) is 5.88 Å². The zero-order valence-electron chi connectivity index (χ0n) is 16.0. The number of anilines is 1. The Morgan fingerprint density at radius 1 is 1.18 bits per heavy atom. The lowest BCUT2D eigenvalue weighted by molar-refractivity contribution is 0.102. The van der Waals surface area contributed by atoms with Crippen molar-refractivity contribution in [3.63, 3.8) is 0 Å². The van der Waals surface area contributed by atoms with Crippen molar-refractivity contribution in [3.05, 3.63) is 70.6 Å². The minimum atomic E-state index is -0.231. The van der Waals surface area contributed by atoms with Crippen LogP contribution in [-0.4, -0.2) is 35.8 Å². The van der Waals surface area contributed by atoms with Gasteiger partial charge in [0.1, 0.15) is 12.3 Å². The van der Waals surface area contributed by atoms with E-state index in [1.807, 2.05) is 48.7 Å². The Morgan fingerprint density at radius 3 is 2.75 bits per heavy atom. The highest BCUT2D eigenvalue weighted by molar-refractivity contribution is 6.30. The Kier molecular flexibility index (Phi) is 6.34. The molecule has 2 heterocycles. The molecule has 0 saturated carbocycles. The molecule has 0 unspecified atom stereocenters.